The number of benzene rings is 3. The summed E-state index contributed by atoms with van der Waals surface area (Å²) in [4.78, 5) is 28.5. The molecule has 3 aromatic carbocycles. The number of anilines is 1. The number of Topliss-reactive ketones (excluding diaryl/α,β-unsaturated/α-hetero) is 1. The summed E-state index contributed by atoms with van der Waals surface area (Å²) in [6.45, 7) is 12.8. The third kappa shape index (κ3) is 5.17. The van der Waals surface area contributed by atoms with Gasteiger partial charge in [0.2, 0.25) is 0 Å². The summed E-state index contributed by atoms with van der Waals surface area (Å²) in [7, 11) is 0. The maximum atomic E-state index is 13.5. The lowest BCUT2D eigenvalue weighted by atomic mass is 9.85. The van der Waals surface area contributed by atoms with Gasteiger partial charge in [0, 0.05) is 17.3 Å². The molecular formula is C32H35NO4. The average Bonchev–Trinajstić information content (AvgIpc) is 3.13. The van der Waals surface area contributed by atoms with Crippen LogP contribution in [0.1, 0.15) is 68.0 Å². The van der Waals surface area contributed by atoms with Gasteiger partial charge in [0.25, 0.3) is 11.7 Å². The second kappa shape index (κ2) is 10.3. The number of amides is 1. The Labute approximate surface area is 219 Å². The number of aliphatic hydroxyl groups excluding tert-OH is 1. The Bertz CT molecular complexity index is 1360. The lowest BCUT2D eigenvalue weighted by molar-refractivity contribution is -0.132. The minimum atomic E-state index is -0.782. The van der Waals surface area contributed by atoms with Gasteiger partial charge in [-0.3, -0.25) is 14.5 Å². The van der Waals surface area contributed by atoms with E-state index in [1.165, 1.54) is 4.90 Å². The van der Waals surface area contributed by atoms with Crippen molar-refractivity contribution >= 4 is 23.1 Å². The lowest BCUT2D eigenvalue weighted by Crippen LogP contribution is -2.29. The van der Waals surface area contributed by atoms with Gasteiger partial charge in [-0.25, -0.2) is 0 Å². The van der Waals surface area contributed by atoms with Gasteiger partial charge in [-0.1, -0.05) is 75.7 Å². The normalized spacial score (nSPS) is 17.4. The van der Waals surface area contributed by atoms with Crippen molar-refractivity contribution < 1.29 is 19.4 Å². The number of rotatable bonds is 6. The molecule has 1 atom stereocenters. The maximum Gasteiger partial charge on any atom is 0.300 e. The monoisotopic (exact) mass is 497 g/mol. The van der Waals surface area contributed by atoms with Crippen molar-refractivity contribution in [2.45, 2.75) is 59.4 Å². The number of carbonyl (C=O) groups is 2. The first-order valence-electron chi connectivity index (χ1n) is 12.7. The minimum absolute atomic E-state index is 0.0516. The van der Waals surface area contributed by atoms with Gasteiger partial charge in [0.15, 0.2) is 0 Å². The predicted molar refractivity (Wildman–Crippen MR) is 148 cm³/mol. The number of carbonyl (C=O) groups excluding carboxylic acids is 2. The molecular weight excluding hydrogens is 462 g/mol. The first-order valence-corrected chi connectivity index (χ1v) is 12.7. The van der Waals surface area contributed by atoms with Crippen LogP contribution in [0.2, 0.25) is 0 Å². The van der Waals surface area contributed by atoms with Crippen LogP contribution in [-0.2, 0) is 15.0 Å². The summed E-state index contributed by atoms with van der Waals surface area (Å²) in [5, 5.41) is 11.5. The van der Waals surface area contributed by atoms with E-state index >= 15 is 0 Å². The highest BCUT2D eigenvalue weighted by atomic mass is 16.5. The van der Waals surface area contributed by atoms with Crippen molar-refractivity contribution in [1.29, 1.82) is 0 Å². The van der Waals surface area contributed by atoms with E-state index in [1.54, 1.807) is 12.1 Å². The maximum absolute atomic E-state index is 13.5. The number of aryl methyl sites for hydroxylation is 2. The quantitative estimate of drug-likeness (QED) is 0.226. The van der Waals surface area contributed by atoms with Gasteiger partial charge in [-0.2, -0.15) is 0 Å². The van der Waals surface area contributed by atoms with E-state index in [0.29, 0.717) is 23.6 Å². The fourth-order valence-electron chi connectivity index (χ4n) is 4.66. The summed E-state index contributed by atoms with van der Waals surface area (Å²) >= 11 is 0. The van der Waals surface area contributed by atoms with Crippen molar-refractivity contribution in [3.05, 3.63) is 100 Å². The zero-order valence-corrected chi connectivity index (χ0v) is 22.5. The zero-order chi connectivity index (χ0) is 26.9. The highest BCUT2D eigenvalue weighted by Gasteiger charge is 2.47. The Balaban J connectivity index is 1.92. The largest absolute Gasteiger partial charge is 0.507 e. The van der Waals surface area contributed by atoms with E-state index in [-0.39, 0.29) is 16.7 Å². The summed E-state index contributed by atoms with van der Waals surface area (Å²) in [5.41, 5.74) is 4.79. The second-order valence-corrected chi connectivity index (χ2v) is 10.7. The molecule has 37 heavy (non-hydrogen) atoms. The Kier molecular flexibility index (Phi) is 7.26. The Hall–Kier alpha value is -3.86. The van der Waals surface area contributed by atoms with Crippen LogP contribution in [0, 0.1) is 13.8 Å². The van der Waals surface area contributed by atoms with Crippen molar-refractivity contribution in [1.82, 2.24) is 0 Å². The molecule has 1 aliphatic rings. The van der Waals surface area contributed by atoms with Crippen LogP contribution in [-0.4, -0.2) is 23.4 Å². The standard InChI is InChI=1S/C32H35NO4/c1-7-17-37-25-10-8-9-24(19-25)33-28(22-13-15-23(16-14-22)32(4,5)6)27(30(35)31(33)36)29(34)26-18-20(2)11-12-21(26)3/h8-16,18-19,28,34H,7,17H2,1-6H3/b29-27+. The summed E-state index contributed by atoms with van der Waals surface area (Å²) < 4.78 is 5.80. The topological polar surface area (TPSA) is 66.8 Å². The van der Waals surface area contributed by atoms with E-state index in [9.17, 15) is 14.7 Å². The van der Waals surface area contributed by atoms with Crippen LogP contribution in [0.5, 0.6) is 5.75 Å². The summed E-state index contributed by atoms with van der Waals surface area (Å²) in [6, 6.07) is 20.1. The molecule has 4 rings (SSSR count). The van der Waals surface area contributed by atoms with Gasteiger partial charge in [-0.15, -0.1) is 0 Å². The van der Waals surface area contributed by atoms with Gasteiger partial charge in [0.05, 0.1) is 18.2 Å². The Morgan fingerprint density at radius 1 is 0.973 bits per heavy atom. The lowest BCUT2D eigenvalue weighted by Gasteiger charge is -2.27. The molecule has 5 heteroatoms. The van der Waals surface area contributed by atoms with Crippen molar-refractivity contribution in [3.63, 3.8) is 0 Å². The molecule has 1 aliphatic heterocycles. The fourth-order valence-corrected chi connectivity index (χ4v) is 4.66. The van der Waals surface area contributed by atoms with E-state index in [2.05, 4.69) is 20.8 Å². The van der Waals surface area contributed by atoms with Crippen LogP contribution >= 0.6 is 0 Å². The van der Waals surface area contributed by atoms with Crippen molar-refractivity contribution in [3.8, 4) is 5.75 Å². The predicted octanol–water partition coefficient (Wildman–Crippen LogP) is 7.02. The molecule has 5 nitrogen and oxygen atoms in total. The number of hydrogen-bond donors (Lipinski definition) is 1. The van der Waals surface area contributed by atoms with E-state index < -0.39 is 17.7 Å². The third-order valence-electron chi connectivity index (χ3n) is 6.75. The number of aliphatic hydroxyl groups is 1. The number of ether oxygens (including phenoxy) is 1. The highest BCUT2D eigenvalue weighted by Crippen LogP contribution is 2.43. The molecule has 0 radical (unpaired) electrons. The van der Waals surface area contributed by atoms with Crippen molar-refractivity contribution in [2.75, 3.05) is 11.5 Å². The van der Waals surface area contributed by atoms with E-state index in [4.69, 9.17) is 4.74 Å². The zero-order valence-electron chi connectivity index (χ0n) is 22.5. The first-order chi connectivity index (χ1) is 17.5. The summed E-state index contributed by atoms with van der Waals surface area (Å²) in [6.07, 6.45) is 0.852. The smallest absolute Gasteiger partial charge is 0.300 e. The van der Waals surface area contributed by atoms with Crippen LogP contribution in [0.3, 0.4) is 0 Å². The van der Waals surface area contributed by atoms with Crippen LogP contribution in [0.25, 0.3) is 5.76 Å². The molecule has 0 bridgehead atoms. The first kappa shape index (κ1) is 26.2. The van der Waals surface area contributed by atoms with Gasteiger partial charge < -0.3 is 9.84 Å². The molecule has 192 valence electrons. The van der Waals surface area contributed by atoms with Gasteiger partial charge in [-0.05, 0) is 60.6 Å². The third-order valence-corrected chi connectivity index (χ3v) is 6.75. The number of hydrogen-bond acceptors (Lipinski definition) is 4. The molecule has 1 amide bonds. The van der Waals surface area contributed by atoms with E-state index in [0.717, 1.165) is 28.7 Å². The van der Waals surface area contributed by atoms with Crippen LogP contribution in [0.4, 0.5) is 5.69 Å². The highest BCUT2D eigenvalue weighted by molar-refractivity contribution is 6.51. The number of nitrogens with zero attached hydrogens (tertiary/aromatic N) is 1. The average molecular weight is 498 g/mol. The SMILES string of the molecule is CCCOc1cccc(N2C(=O)C(=O)/C(=C(/O)c3cc(C)ccc3C)C2c2ccc(C(C)(C)C)cc2)c1. The fraction of sp³-hybridized carbons (Fsp3) is 0.312. The summed E-state index contributed by atoms with van der Waals surface area (Å²) in [5.74, 6) is -0.921. The molecule has 1 unspecified atom stereocenters. The molecule has 1 fully saturated rings. The molecule has 0 aromatic heterocycles. The molecule has 1 heterocycles. The van der Waals surface area contributed by atoms with Gasteiger partial charge >= 0.3 is 0 Å². The van der Waals surface area contributed by atoms with E-state index in [1.807, 2.05) is 75.4 Å². The molecule has 3 aromatic rings. The Morgan fingerprint density at radius 3 is 2.32 bits per heavy atom. The number of ketones is 1. The molecule has 0 spiro atoms. The van der Waals surface area contributed by atoms with Gasteiger partial charge in [0.1, 0.15) is 11.5 Å². The Morgan fingerprint density at radius 2 is 1.68 bits per heavy atom. The molecule has 0 aliphatic carbocycles. The van der Waals surface area contributed by atoms with Crippen LogP contribution < -0.4 is 9.64 Å². The van der Waals surface area contributed by atoms with Crippen LogP contribution in [0.15, 0.2) is 72.3 Å². The second-order valence-electron chi connectivity index (χ2n) is 10.7. The minimum Gasteiger partial charge on any atom is -0.507 e. The molecule has 1 N–H and O–H groups in total. The van der Waals surface area contributed by atoms with Crippen molar-refractivity contribution in [2.24, 2.45) is 0 Å². The molecule has 1 saturated heterocycles. The molecule has 0 saturated carbocycles.